The number of hydrogen-bond donors (Lipinski definition) is 1. The van der Waals surface area contributed by atoms with E-state index in [1.54, 1.807) is 31.4 Å². The predicted molar refractivity (Wildman–Crippen MR) is 119 cm³/mol. The number of aromatic nitrogens is 3. The minimum atomic E-state index is -0.110. The Balaban J connectivity index is 1.57. The lowest BCUT2D eigenvalue weighted by Gasteiger charge is -2.09. The molecule has 0 aliphatic rings. The van der Waals surface area contributed by atoms with Crippen LogP contribution >= 0.6 is 11.8 Å². The van der Waals surface area contributed by atoms with Crippen molar-refractivity contribution in [1.29, 1.82) is 0 Å². The number of carbonyl (C=O) groups is 1. The Labute approximate surface area is 180 Å². The van der Waals surface area contributed by atoms with Crippen molar-refractivity contribution >= 4 is 23.4 Å². The van der Waals surface area contributed by atoms with Crippen LogP contribution in [0.3, 0.4) is 0 Å². The average molecular weight is 427 g/mol. The number of anilines is 1. The van der Waals surface area contributed by atoms with E-state index in [2.05, 4.69) is 29.4 Å². The molecule has 0 atom stereocenters. The molecule has 0 fully saturated rings. The number of methoxy groups -OCH3 is 1. The maximum absolute atomic E-state index is 12.2. The largest absolute Gasteiger partial charge is 0.497 e. The zero-order valence-electron chi connectivity index (χ0n) is 17.6. The maximum atomic E-state index is 12.2. The highest BCUT2D eigenvalue weighted by atomic mass is 32.2. The van der Waals surface area contributed by atoms with Gasteiger partial charge in [-0.1, -0.05) is 25.6 Å². The first-order valence-corrected chi connectivity index (χ1v) is 10.6. The number of amides is 1. The van der Waals surface area contributed by atoms with E-state index in [0.29, 0.717) is 17.7 Å². The van der Waals surface area contributed by atoms with Crippen LogP contribution in [0, 0.1) is 5.92 Å². The number of thioether (sulfide) groups is 1. The molecule has 0 aliphatic carbocycles. The summed E-state index contributed by atoms with van der Waals surface area (Å²) in [6.45, 7) is 4.91. The van der Waals surface area contributed by atoms with Crippen LogP contribution < -0.4 is 14.8 Å². The molecule has 3 rings (SSSR count). The van der Waals surface area contributed by atoms with E-state index >= 15 is 0 Å². The molecule has 0 saturated heterocycles. The van der Waals surface area contributed by atoms with Crippen molar-refractivity contribution in [1.82, 2.24) is 14.8 Å². The van der Waals surface area contributed by atoms with Crippen LogP contribution in [-0.4, -0.2) is 40.1 Å². The first-order chi connectivity index (χ1) is 14.5. The highest BCUT2D eigenvalue weighted by Crippen LogP contribution is 2.25. The first-order valence-electron chi connectivity index (χ1n) is 9.65. The van der Waals surface area contributed by atoms with Crippen molar-refractivity contribution in [3.63, 3.8) is 0 Å². The minimum absolute atomic E-state index is 0.110. The summed E-state index contributed by atoms with van der Waals surface area (Å²) in [6.07, 6.45) is 0. The second-order valence-electron chi connectivity index (χ2n) is 7.16. The lowest BCUT2D eigenvalue weighted by Crippen LogP contribution is -2.14. The van der Waals surface area contributed by atoms with E-state index < -0.39 is 0 Å². The quantitative estimate of drug-likeness (QED) is 0.515. The van der Waals surface area contributed by atoms with E-state index in [1.807, 2.05) is 35.9 Å². The summed E-state index contributed by atoms with van der Waals surface area (Å²) in [6, 6.07) is 15.0. The number of rotatable bonds is 9. The van der Waals surface area contributed by atoms with Crippen molar-refractivity contribution in [3.8, 4) is 22.9 Å². The van der Waals surface area contributed by atoms with Crippen molar-refractivity contribution in [2.24, 2.45) is 13.0 Å². The topological polar surface area (TPSA) is 78.3 Å². The van der Waals surface area contributed by atoms with Crippen LogP contribution in [0.4, 0.5) is 5.69 Å². The number of carbonyl (C=O) groups excluding carboxylic acids is 1. The highest BCUT2D eigenvalue weighted by molar-refractivity contribution is 7.99. The van der Waals surface area contributed by atoms with Crippen LogP contribution in [0.25, 0.3) is 11.4 Å². The van der Waals surface area contributed by atoms with E-state index in [0.717, 1.165) is 28.6 Å². The summed E-state index contributed by atoms with van der Waals surface area (Å²) in [4.78, 5) is 12.2. The standard InChI is InChI=1S/C22H26N4O3S/c1-15(2)13-29-19-9-5-16(6-10-19)21-24-25-22(26(21)3)30-14-20(27)23-17-7-11-18(28-4)12-8-17/h5-12,15H,13-14H2,1-4H3,(H,23,27). The summed E-state index contributed by atoms with van der Waals surface area (Å²) >= 11 is 1.34. The lowest BCUT2D eigenvalue weighted by atomic mass is 10.2. The van der Waals surface area contributed by atoms with Crippen molar-refractivity contribution in [2.75, 3.05) is 24.8 Å². The zero-order chi connectivity index (χ0) is 21.5. The van der Waals surface area contributed by atoms with Gasteiger partial charge in [-0.2, -0.15) is 0 Å². The van der Waals surface area contributed by atoms with Gasteiger partial charge in [-0.15, -0.1) is 10.2 Å². The summed E-state index contributed by atoms with van der Waals surface area (Å²) in [7, 11) is 3.50. The average Bonchev–Trinajstić information content (AvgIpc) is 3.12. The molecule has 0 aliphatic heterocycles. The van der Waals surface area contributed by atoms with E-state index in [1.165, 1.54) is 11.8 Å². The Bertz CT molecular complexity index is 969. The molecule has 1 N–H and O–H groups in total. The summed E-state index contributed by atoms with van der Waals surface area (Å²) in [5.41, 5.74) is 1.66. The Morgan fingerprint density at radius 1 is 1.07 bits per heavy atom. The second kappa shape index (κ2) is 10.2. The van der Waals surface area contributed by atoms with Gasteiger partial charge in [0.05, 0.1) is 19.5 Å². The summed E-state index contributed by atoms with van der Waals surface area (Å²) in [5, 5.41) is 12.0. The molecule has 1 aromatic heterocycles. The van der Waals surface area contributed by atoms with Crippen molar-refractivity contribution in [2.45, 2.75) is 19.0 Å². The first kappa shape index (κ1) is 21.7. The van der Waals surface area contributed by atoms with Crippen molar-refractivity contribution < 1.29 is 14.3 Å². The van der Waals surface area contributed by atoms with Gasteiger partial charge in [0, 0.05) is 18.3 Å². The van der Waals surface area contributed by atoms with Crippen LogP contribution in [0.15, 0.2) is 53.7 Å². The van der Waals surface area contributed by atoms with Crippen LogP contribution in [0.5, 0.6) is 11.5 Å². The third-order valence-electron chi connectivity index (χ3n) is 4.24. The molecule has 0 bridgehead atoms. The molecule has 2 aromatic carbocycles. The lowest BCUT2D eigenvalue weighted by molar-refractivity contribution is -0.113. The monoisotopic (exact) mass is 426 g/mol. The zero-order valence-corrected chi connectivity index (χ0v) is 18.4. The fourth-order valence-electron chi connectivity index (χ4n) is 2.66. The number of nitrogens with zero attached hydrogens (tertiary/aromatic N) is 3. The number of benzene rings is 2. The van der Waals surface area contributed by atoms with Gasteiger partial charge >= 0.3 is 0 Å². The van der Waals surface area contributed by atoms with E-state index in [9.17, 15) is 4.79 Å². The SMILES string of the molecule is COc1ccc(NC(=O)CSc2nnc(-c3ccc(OCC(C)C)cc3)n2C)cc1. The van der Waals surface area contributed by atoms with Gasteiger partial charge < -0.3 is 19.4 Å². The van der Waals surface area contributed by atoms with Gasteiger partial charge in [0.1, 0.15) is 11.5 Å². The molecule has 0 radical (unpaired) electrons. The molecular formula is C22H26N4O3S. The smallest absolute Gasteiger partial charge is 0.234 e. The molecule has 0 saturated carbocycles. The summed E-state index contributed by atoms with van der Waals surface area (Å²) < 4.78 is 12.7. The molecule has 30 heavy (non-hydrogen) atoms. The molecule has 0 spiro atoms. The van der Waals surface area contributed by atoms with Gasteiger partial charge in [-0.25, -0.2) is 0 Å². The fraction of sp³-hybridized carbons (Fsp3) is 0.318. The Hall–Kier alpha value is -3.00. The highest BCUT2D eigenvalue weighted by Gasteiger charge is 2.13. The molecular weight excluding hydrogens is 400 g/mol. The van der Waals surface area contributed by atoms with Gasteiger partial charge in [0.2, 0.25) is 5.91 Å². The van der Waals surface area contributed by atoms with E-state index in [-0.39, 0.29) is 11.7 Å². The van der Waals surface area contributed by atoms with Gasteiger partial charge in [-0.05, 0) is 54.4 Å². The molecule has 8 heteroatoms. The Morgan fingerprint density at radius 2 is 1.73 bits per heavy atom. The molecule has 7 nitrogen and oxygen atoms in total. The predicted octanol–water partition coefficient (Wildman–Crippen LogP) is 4.26. The summed E-state index contributed by atoms with van der Waals surface area (Å²) in [5.74, 6) is 2.92. The Morgan fingerprint density at radius 3 is 2.37 bits per heavy atom. The number of ether oxygens (including phenoxy) is 2. The Kier molecular flexibility index (Phi) is 7.35. The normalized spacial score (nSPS) is 10.8. The van der Waals surface area contributed by atoms with Crippen LogP contribution in [-0.2, 0) is 11.8 Å². The molecule has 158 valence electrons. The van der Waals surface area contributed by atoms with Crippen LogP contribution in [0.1, 0.15) is 13.8 Å². The van der Waals surface area contributed by atoms with Gasteiger partial charge in [-0.3, -0.25) is 4.79 Å². The van der Waals surface area contributed by atoms with Crippen molar-refractivity contribution in [3.05, 3.63) is 48.5 Å². The number of nitrogens with one attached hydrogen (secondary N) is 1. The molecule has 0 unspecified atom stereocenters. The molecule has 3 aromatic rings. The van der Waals surface area contributed by atoms with Gasteiger partial charge in [0.25, 0.3) is 0 Å². The molecule has 1 amide bonds. The number of hydrogen-bond acceptors (Lipinski definition) is 6. The third kappa shape index (κ3) is 5.76. The van der Waals surface area contributed by atoms with Gasteiger partial charge in [0.15, 0.2) is 11.0 Å². The minimum Gasteiger partial charge on any atom is -0.497 e. The van der Waals surface area contributed by atoms with E-state index in [4.69, 9.17) is 9.47 Å². The van der Waals surface area contributed by atoms with Crippen LogP contribution in [0.2, 0.25) is 0 Å². The maximum Gasteiger partial charge on any atom is 0.234 e. The third-order valence-corrected chi connectivity index (χ3v) is 5.26. The molecule has 1 heterocycles. The second-order valence-corrected chi connectivity index (χ2v) is 8.10. The fourth-order valence-corrected chi connectivity index (χ4v) is 3.37.